The standard InChI is InChI=1S/C22H33N5O4/c1-25-18-9-12-27(20(29)8-7-19(28)23-14-16-6-5-13-31-16)15-17(18)21(24-25)22(30)26-10-3-2-4-11-26/h16H,2-15H2,1H3,(H,23,28)/t16-/m0/s1. The summed E-state index contributed by atoms with van der Waals surface area (Å²) in [5.74, 6) is -0.207. The number of hydrogen-bond acceptors (Lipinski definition) is 5. The van der Waals surface area contributed by atoms with Crippen molar-refractivity contribution in [3.05, 3.63) is 17.0 Å². The number of aromatic nitrogens is 2. The van der Waals surface area contributed by atoms with Crippen LogP contribution in [-0.4, -0.2) is 76.2 Å². The van der Waals surface area contributed by atoms with Gasteiger partial charge in [0.1, 0.15) is 0 Å². The molecule has 4 heterocycles. The number of amides is 3. The zero-order chi connectivity index (χ0) is 21.8. The van der Waals surface area contributed by atoms with Crippen molar-refractivity contribution in [2.75, 3.05) is 32.8 Å². The van der Waals surface area contributed by atoms with Crippen molar-refractivity contribution in [2.24, 2.45) is 7.05 Å². The van der Waals surface area contributed by atoms with Crippen LogP contribution in [0.4, 0.5) is 0 Å². The number of likely N-dealkylation sites (tertiary alicyclic amines) is 1. The van der Waals surface area contributed by atoms with Gasteiger partial charge in [-0.05, 0) is 32.1 Å². The Kier molecular flexibility index (Phi) is 6.89. The van der Waals surface area contributed by atoms with Gasteiger partial charge in [-0.25, -0.2) is 0 Å². The number of piperidine rings is 1. The second-order valence-electron chi connectivity index (χ2n) is 8.75. The van der Waals surface area contributed by atoms with Crippen LogP contribution in [0.25, 0.3) is 0 Å². The minimum Gasteiger partial charge on any atom is -0.376 e. The van der Waals surface area contributed by atoms with Crippen molar-refractivity contribution >= 4 is 17.7 Å². The summed E-state index contributed by atoms with van der Waals surface area (Å²) in [7, 11) is 1.86. The van der Waals surface area contributed by atoms with Gasteiger partial charge in [0, 0.05) is 76.9 Å². The maximum absolute atomic E-state index is 13.0. The van der Waals surface area contributed by atoms with Crippen molar-refractivity contribution in [2.45, 2.75) is 64.0 Å². The fraction of sp³-hybridized carbons (Fsp3) is 0.727. The van der Waals surface area contributed by atoms with Gasteiger partial charge in [0.05, 0.1) is 6.10 Å². The number of carbonyl (C=O) groups is 3. The number of nitrogens with zero attached hydrogens (tertiary/aromatic N) is 4. The molecule has 0 saturated carbocycles. The molecule has 1 atom stereocenters. The Labute approximate surface area is 183 Å². The first kappa shape index (κ1) is 21.8. The molecule has 2 saturated heterocycles. The van der Waals surface area contributed by atoms with Gasteiger partial charge < -0.3 is 19.9 Å². The molecular weight excluding hydrogens is 398 g/mol. The minimum absolute atomic E-state index is 0.0284. The zero-order valence-corrected chi connectivity index (χ0v) is 18.4. The molecule has 0 aliphatic carbocycles. The summed E-state index contributed by atoms with van der Waals surface area (Å²) in [5.41, 5.74) is 2.37. The average Bonchev–Trinajstić information content (AvgIpc) is 3.44. The predicted octanol–water partition coefficient (Wildman–Crippen LogP) is 1.01. The first-order valence-corrected chi connectivity index (χ1v) is 11.5. The number of carbonyl (C=O) groups excluding carboxylic acids is 3. The van der Waals surface area contributed by atoms with E-state index in [0.29, 0.717) is 31.7 Å². The minimum atomic E-state index is -0.121. The smallest absolute Gasteiger partial charge is 0.274 e. The number of hydrogen-bond donors (Lipinski definition) is 1. The van der Waals surface area contributed by atoms with Crippen LogP contribution in [0.1, 0.15) is 66.7 Å². The molecule has 3 amide bonds. The number of aryl methyl sites for hydroxylation is 1. The Morgan fingerprint density at radius 2 is 1.87 bits per heavy atom. The Balaban J connectivity index is 1.32. The number of rotatable bonds is 6. The third kappa shape index (κ3) is 5.08. The van der Waals surface area contributed by atoms with E-state index in [4.69, 9.17) is 4.74 Å². The normalized spacial score (nSPS) is 21.1. The maximum Gasteiger partial charge on any atom is 0.274 e. The van der Waals surface area contributed by atoms with Gasteiger partial charge in [-0.2, -0.15) is 5.10 Å². The monoisotopic (exact) mass is 431 g/mol. The molecule has 2 fully saturated rings. The van der Waals surface area contributed by atoms with Gasteiger partial charge in [0.15, 0.2) is 5.69 Å². The summed E-state index contributed by atoms with van der Waals surface area (Å²) < 4.78 is 7.29. The van der Waals surface area contributed by atoms with E-state index in [1.54, 1.807) is 9.58 Å². The first-order valence-electron chi connectivity index (χ1n) is 11.5. The second-order valence-corrected chi connectivity index (χ2v) is 8.75. The summed E-state index contributed by atoms with van der Waals surface area (Å²) in [4.78, 5) is 41.5. The highest BCUT2D eigenvalue weighted by Gasteiger charge is 2.31. The molecule has 170 valence electrons. The quantitative estimate of drug-likeness (QED) is 0.725. The molecule has 1 aromatic rings. The highest BCUT2D eigenvalue weighted by atomic mass is 16.5. The predicted molar refractivity (Wildman–Crippen MR) is 113 cm³/mol. The molecule has 0 radical (unpaired) electrons. The molecule has 9 heteroatoms. The van der Waals surface area contributed by atoms with E-state index >= 15 is 0 Å². The largest absolute Gasteiger partial charge is 0.376 e. The van der Waals surface area contributed by atoms with Crippen molar-refractivity contribution in [3.8, 4) is 0 Å². The molecule has 3 aliphatic rings. The van der Waals surface area contributed by atoms with Crippen LogP contribution in [-0.2, 0) is 34.3 Å². The Hall–Kier alpha value is -2.42. The number of ether oxygens (including phenoxy) is 1. The summed E-state index contributed by atoms with van der Waals surface area (Å²) >= 11 is 0. The summed E-state index contributed by atoms with van der Waals surface area (Å²) in [6, 6.07) is 0. The van der Waals surface area contributed by atoms with Gasteiger partial charge in [0.25, 0.3) is 5.91 Å². The Morgan fingerprint density at radius 1 is 1.06 bits per heavy atom. The highest BCUT2D eigenvalue weighted by molar-refractivity contribution is 5.94. The number of fused-ring (bicyclic) bond motifs is 1. The highest BCUT2D eigenvalue weighted by Crippen LogP contribution is 2.25. The molecule has 1 aromatic heterocycles. The van der Waals surface area contributed by atoms with Gasteiger partial charge in [-0.1, -0.05) is 0 Å². The topological polar surface area (TPSA) is 96.8 Å². The Morgan fingerprint density at radius 3 is 2.61 bits per heavy atom. The second kappa shape index (κ2) is 9.80. The van der Waals surface area contributed by atoms with Crippen molar-refractivity contribution in [1.82, 2.24) is 24.9 Å². The van der Waals surface area contributed by atoms with Crippen LogP contribution in [0.3, 0.4) is 0 Å². The van der Waals surface area contributed by atoms with Crippen LogP contribution in [0.15, 0.2) is 0 Å². The average molecular weight is 432 g/mol. The summed E-state index contributed by atoms with van der Waals surface area (Å²) in [6.07, 6.45) is 6.33. The summed E-state index contributed by atoms with van der Waals surface area (Å²) in [6.45, 7) is 3.78. The van der Waals surface area contributed by atoms with E-state index < -0.39 is 0 Å². The van der Waals surface area contributed by atoms with Crippen molar-refractivity contribution in [1.29, 1.82) is 0 Å². The molecule has 1 N–H and O–H groups in total. The molecule has 9 nitrogen and oxygen atoms in total. The van der Waals surface area contributed by atoms with Crippen LogP contribution >= 0.6 is 0 Å². The lowest BCUT2D eigenvalue weighted by molar-refractivity contribution is -0.134. The lowest BCUT2D eigenvalue weighted by Crippen LogP contribution is -2.39. The molecular formula is C22H33N5O4. The van der Waals surface area contributed by atoms with Crippen LogP contribution in [0.2, 0.25) is 0 Å². The molecule has 0 aromatic carbocycles. The molecule has 4 rings (SSSR count). The molecule has 0 unspecified atom stereocenters. The SMILES string of the molecule is Cn1nc(C(=O)N2CCCCC2)c2c1CCN(C(=O)CCC(=O)NC[C@@H]1CCCO1)C2. The van der Waals surface area contributed by atoms with Gasteiger partial charge in [-0.15, -0.1) is 0 Å². The fourth-order valence-corrected chi connectivity index (χ4v) is 4.72. The number of nitrogens with one attached hydrogen (secondary N) is 1. The van der Waals surface area contributed by atoms with Gasteiger partial charge in [0.2, 0.25) is 11.8 Å². The third-order valence-corrected chi connectivity index (χ3v) is 6.56. The third-order valence-electron chi connectivity index (χ3n) is 6.56. The molecule has 31 heavy (non-hydrogen) atoms. The summed E-state index contributed by atoms with van der Waals surface area (Å²) in [5, 5.41) is 7.37. The maximum atomic E-state index is 13.0. The van der Waals surface area contributed by atoms with E-state index in [1.165, 1.54) is 0 Å². The van der Waals surface area contributed by atoms with Crippen LogP contribution < -0.4 is 5.32 Å². The van der Waals surface area contributed by atoms with E-state index in [9.17, 15) is 14.4 Å². The Bertz CT molecular complexity index is 824. The lowest BCUT2D eigenvalue weighted by atomic mass is 10.0. The van der Waals surface area contributed by atoms with E-state index in [1.807, 2.05) is 11.9 Å². The fourth-order valence-electron chi connectivity index (χ4n) is 4.72. The van der Waals surface area contributed by atoms with E-state index in [0.717, 1.165) is 63.1 Å². The van der Waals surface area contributed by atoms with Crippen LogP contribution in [0.5, 0.6) is 0 Å². The zero-order valence-electron chi connectivity index (χ0n) is 18.4. The van der Waals surface area contributed by atoms with Crippen molar-refractivity contribution in [3.63, 3.8) is 0 Å². The van der Waals surface area contributed by atoms with Gasteiger partial charge >= 0.3 is 0 Å². The van der Waals surface area contributed by atoms with Crippen LogP contribution in [0, 0.1) is 0 Å². The van der Waals surface area contributed by atoms with Gasteiger partial charge in [-0.3, -0.25) is 19.1 Å². The van der Waals surface area contributed by atoms with E-state index in [-0.39, 0.29) is 36.7 Å². The first-order chi connectivity index (χ1) is 15.0. The molecule has 3 aliphatic heterocycles. The van der Waals surface area contributed by atoms with Crippen molar-refractivity contribution < 1.29 is 19.1 Å². The molecule has 0 bridgehead atoms. The lowest BCUT2D eigenvalue weighted by Gasteiger charge is -2.29. The van der Waals surface area contributed by atoms with E-state index in [2.05, 4.69) is 10.4 Å². The molecule has 0 spiro atoms.